The van der Waals surface area contributed by atoms with E-state index in [1.165, 1.54) is 50.6 Å². The van der Waals surface area contributed by atoms with E-state index in [9.17, 15) is 0 Å². The summed E-state index contributed by atoms with van der Waals surface area (Å²) in [5.41, 5.74) is 11.4. The van der Waals surface area contributed by atoms with Gasteiger partial charge in [0.15, 0.2) is 0 Å². The highest BCUT2D eigenvalue weighted by molar-refractivity contribution is 5.93. The third-order valence-corrected chi connectivity index (χ3v) is 8.42. The SMILES string of the molecule is C=CC1(C)c2ccccc2N2c3cc(-c4ccccc4C)ccc3N(c3ccccc3C)C2C1C. The summed E-state index contributed by atoms with van der Waals surface area (Å²) in [5.74, 6) is 0.309. The lowest BCUT2D eigenvalue weighted by molar-refractivity contribution is 0.313. The van der Waals surface area contributed by atoms with Crippen molar-refractivity contribution >= 4 is 22.7 Å². The van der Waals surface area contributed by atoms with Crippen LogP contribution in [0.25, 0.3) is 11.1 Å². The Morgan fingerprint density at radius 3 is 2.06 bits per heavy atom. The molecule has 0 radical (unpaired) electrons. The lowest BCUT2D eigenvalue weighted by Gasteiger charge is -2.50. The van der Waals surface area contributed by atoms with Crippen molar-refractivity contribution in [3.05, 3.63) is 120 Å². The van der Waals surface area contributed by atoms with Crippen LogP contribution in [0.15, 0.2) is 104 Å². The number of hydrogen-bond donors (Lipinski definition) is 0. The number of allylic oxidation sites excluding steroid dienone is 1. The monoisotopic (exact) mass is 456 g/mol. The van der Waals surface area contributed by atoms with Crippen LogP contribution in [0, 0.1) is 19.8 Å². The Labute approximate surface area is 209 Å². The molecule has 4 aromatic rings. The normalized spacial score (nSPS) is 22.4. The first-order valence-corrected chi connectivity index (χ1v) is 12.5. The van der Waals surface area contributed by atoms with E-state index in [1.807, 2.05) is 0 Å². The molecule has 0 saturated heterocycles. The molecule has 35 heavy (non-hydrogen) atoms. The fourth-order valence-corrected chi connectivity index (χ4v) is 6.20. The molecular formula is C33H32N2. The first-order chi connectivity index (χ1) is 17.0. The summed E-state index contributed by atoms with van der Waals surface area (Å²) in [6.07, 6.45) is 2.31. The average Bonchev–Trinajstić information content (AvgIpc) is 3.22. The average molecular weight is 457 g/mol. The number of hydrogen-bond acceptors (Lipinski definition) is 2. The van der Waals surface area contributed by atoms with Crippen molar-refractivity contribution in [2.45, 2.75) is 39.3 Å². The zero-order valence-electron chi connectivity index (χ0n) is 21.0. The van der Waals surface area contributed by atoms with Gasteiger partial charge in [0, 0.05) is 22.7 Å². The summed E-state index contributed by atoms with van der Waals surface area (Å²) >= 11 is 0. The van der Waals surface area contributed by atoms with E-state index in [4.69, 9.17) is 0 Å². The first-order valence-electron chi connectivity index (χ1n) is 12.5. The van der Waals surface area contributed by atoms with Crippen molar-refractivity contribution < 1.29 is 0 Å². The molecule has 0 aromatic heterocycles. The van der Waals surface area contributed by atoms with Gasteiger partial charge in [-0.25, -0.2) is 0 Å². The zero-order valence-corrected chi connectivity index (χ0v) is 21.0. The molecule has 2 heteroatoms. The van der Waals surface area contributed by atoms with Gasteiger partial charge >= 0.3 is 0 Å². The first kappa shape index (κ1) is 21.7. The van der Waals surface area contributed by atoms with Crippen molar-refractivity contribution in [2.24, 2.45) is 5.92 Å². The Kier molecular flexibility index (Phi) is 4.89. The number of benzene rings is 4. The number of rotatable bonds is 3. The molecule has 0 N–H and O–H groups in total. The van der Waals surface area contributed by atoms with Gasteiger partial charge in [0.25, 0.3) is 0 Å². The van der Waals surface area contributed by atoms with E-state index in [0.29, 0.717) is 5.92 Å². The van der Waals surface area contributed by atoms with E-state index in [0.717, 1.165) is 0 Å². The summed E-state index contributed by atoms with van der Waals surface area (Å²) < 4.78 is 0. The molecule has 2 heterocycles. The molecule has 6 rings (SSSR count). The third kappa shape index (κ3) is 3.02. The second kappa shape index (κ2) is 7.88. The lowest BCUT2D eigenvalue weighted by atomic mass is 9.67. The Morgan fingerprint density at radius 1 is 0.714 bits per heavy atom. The summed E-state index contributed by atoms with van der Waals surface area (Å²) in [7, 11) is 0. The number of fused-ring (bicyclic) bond motifs is 5. The number of anilines is 4. The fraction of sp³-hybridized carbons (Fsp3) is 0.212. The van der Waals surface area contributed by atoms with Crippen LogP contribution in [0.2, 0.25) is 0 Å². The van der Waals surface area contributed by atoms with Gasteiger partial charge in [-0.05, 0) is 65.9 Å². The highest BCUT2D eigenvalue weighted by Gasteiger charge is 2.52. The van der Waals surface area contributed by atoms with Crippen molar-refractivity contribution in [3.8, 4) is 11.1 Å². The largest absolute Gasteiger partial charge is 0.318 e. The van der Waals surface area contributed by atoms with Crippen molar-refractivity contribution in [1.82, 2.24) is 0 Å². The number of para-hydroxylation sites is 2. The molecule has 0 aliphatic carbocycles. The van der Waals surface area contributed by atoms with Crippen molar-refractivity contribution in [3.63, 3.8) is 0 Å². The maximum absolute atomic E-state index is 4.31. The molecule has 0 amide bonds. The van der Waals surface area contributed by atoms with Gasteiger partial charge in [0.2, 0.25) is 0 Å². The zero-order chi connectivity index (χ0) is 24.3. The molecule has 0 fully saturated rings. The minimum atomic E-state index is -0.139. The minimum absolute atomic E-state index is 0.139. The van der Waals surface area contributed by atoms with Gasteiger partial charge in [-0.2, -0.15) is 0 Å². The molecule has 3 unspecified atom stereocenters. The number of nitrogens with zero attached hydrogens (tertiary/aromatic N) is 2. The summed E-state index contributed by atoms with van der Waals surface area (Å²) in [4.78, 5) is 5.14. The summed E-state index contributed by atoms with van der Waals surface area (Å²) in [6.45, 7) is 13.4. The van der Waals surface area contributed by atoms with Crippen LogP contribution in [0.3, 0.4) is 0 Å². The van der Waals surface area contributed by atoms with E-state index >= 15 is 0 Å². The van der Waals surface area contributed by atoms with Gasteiger partial charge < -0.3 is 9.80 Å². The molecule has 0 bridgehead atoms. The van der Waals surface area contributed by atoms with Gasteiger partial charge in [0.05, 0.1) is 11.4 Å². The van der Waals surface area contributed by atoms with Crippen LogP contribution in [0.5, 0.6) is 0 Å². The quantitative estimate of drug-likeness (QED) is 0.285. The van der Waals surface area contributed by atoms with E-state index in [1.54, 1.807) is 0 Å². The van der Waals surface area contributed by atoms with Crippen LogP contribution < -0.4 is 9.80 Å². The molecule has 4 aromatic carbocycles. The molecule has 2 aliphatic heterocycles. The van der Waals surface area contributed by atoms with Crippen molar-refractivity contribution in [2.75, 3.05) is 9.80 Å². The van der Waals surface area contributed by atoms with Crippen LogP contribution in [-0.4, -0.2) is 6.17 Å². The van der Waals surface area contributed by atoms with Crippen LogP contribution in [-0.2, 0) is 5.41 Å². The van der Waals surface area contributed by atoms with E-state index < -0.39 is 0 Å². The standard InChI is InChI=1S/C33H32N2/c1-6-33(5)24(4)32-34(28-17-11-8-14-23(28)3)30-20-19-25(26-15-9-7-13-22(26)2)21-31(30)35(32)29-18-12-10-16-27(29)33/h6-21,24,32H,1H2,2-5H3. The predicted octanol–water partition coefficient (Wildman–Crippen LogP) is 8.68. The Balaban J connectivity index is 1.65. The maximum Gasteiger partial charge on any atom is 0.115 e. The van der Waals surface area contributed by atoms with E-state index in [-0.39, 0.29) is 11.6 Å². The molecule has 174 valence electrons. The topological polar surface area (TPSA) is 6.48 Å². The van der Waals surface area contributed by atoms with Crippen LogP contribution in [0.1, 0.15) is 30.5 Å². The maximum atomic E-state index is 4.31. The fourth-order valence-electron chi connectivity index (χ4n) is 6.20. The Bertz CT molecular complexity index is 1450. The molecule has 3 atom stereocenters. The van der Waals surface area contributed by atoms with Crippen molar-refractivity contribution in [1.29, 1.82) is 0 Å². The van der Waals surface area contributed by atoms with Gasteiger partial charge in [-0.1, -0.05) is 86.7 Å². The minimum Gasteiger partial charge on any atom is -0.318 e. The molecule has 2 nitrogen and oxygen atoms in total. The highest BCUT2D eigenvalue weighted by atomic mass is 15.4. The second-order valence-corrected chi connectivity index (χ2v) is 10.3. The van der Waals surface area contributed by atoms with E-state index in [2.05, 4.69) is 141 Å². The third-order valence-electron chi connectivity index (χ3n) is 8.42. The van der Waals surface area contributed by atoms with Crippen LogP contribution in [0.4, 0.5) is 22.7 Å². The summed E-state index contributed by atoms with van der Waals surface area (Å²) in [6, 6.07) is 33.3. The van der Waals surface area contributed by atoms with Crippen LogP contribution >= 0.6 is 0 Å². The second-order valence-electron chi connectivity index (χ2n) is 10.3. The van der Waals surface area contributed by atoms with Gasteiger partial charge in [0.1, 0.15) is 6.17 Å². The Morgan fingerprint density at radius 2 is 1.34 bits per heavy atom. The molecule has 0 saturated carbocycles. The lowest BCUT2D eigenvalue weighted by Crippen LogP contribution is -2.54. The Hall–Kier alpha value is -3.78. The molecular weight excluding hydrogens is 424 g/mol. The number of aryl methyl sites for hydroxylation is 2. The molecule has 0 spiro atoms. The highest BCUT2D eigenvalue weighted by Crippen LogP contribution is 2.58. The summed E-state index contributed by atoms with van der Waals surface area (Å²) in [5, 5.41) is 0. The molecule has 2 aliphatic rings. The predicted molar refractivity (Wildman–Crippen MR) is 149 cm³/mol. The van der Waals surface area contributed by atoms with Gasteiger partial charge in [-0.3, -0.25) is 0 Å². The van der Waals surface area contributed by atoms with Gasteiger partial charge in [-0.15, -0.1) is 6.58 Å². The smallest absolute Gasteiger partial charge is 0.115 e.